The van der Waals surface area contributed by atoms with E-state index in [1.807, 2.05) is 4.90 Å². The van der Waals surface area contributed by atoms with Crippen LogP contribution in [0.1, 0.15) is 50.9 Å². The van der Waals surface area contributed by atoms with Crippen LogP contribution in [0.4, 0.5) is 0 Å². The van der Waals surface area contributed by atoms with Gasteiger partial charge in [0, 0.05) is 24.5 Å². The minimum absolute atomic E-state index is 0.130. The Hall–Kier alpha value is -0.940. The Morgan fingerprint density at radius 1 is 1.48 bits per heavy atom. The molecule has 1 aliphatic heterocycles. The van der Waals surface area contributed by atoms with Crippen LogP contribution < -0.4 is 5.32 Å². The summed E-state index contributed by atoms with van der Waals surface area (Å²) >= 11 is 1.69. The molecule has 2 heterocycles. The first-order valence-electron chi connectivity index (χ1n) is 7.95. The van der Waals surface area contributed by atoms with Crippen molar-refractivity contribution in [3.8, 4) is 0 Å². The van der Waals surface area contributed by atoms with Crippen molar-refractivity contribution in [2.75, 3.05) is 19.6 Å². The van der Waals surface area contributed by atoms with E-state index in [2.05, 4.69) is 43.4 Å². The molecule has 0 spiro atoms. The topological polar surface area (TPSA) is 45.2 Å². The van der Waals surface area contributed by atoms with Gasteiger partial charge in [-0.1, -0.05) is 20.8 Å². The lowest BCUT2D eigenvalue weighted by Crippen LogP contribution is -2.46. The molecule has 118 valence electrons. The first-order valence-corrected chi connectivity index (χ1v) is 8.83. The summed E-state index contributed by atoms with van der Waals surface area (Å²) < 4.78 is 0. The number of likely N-dealkylation sites (tertiary alicyclic amines) is 1. The minimum atomic E-state index is 0.130. The lowest BCUT2D eigenvalue weighted by molar-refractivity contribution is -0.133. The third-order valence-electron chi connectivity index (χ3n) is 4.10. The molecule has 4 nitrogen and oxygen atoms in total. The molecule has 0 aliphatic carbocycles. The number of thiazole rings is 1. The number of hydrogen-bond donors (Lipinski definition) is 1. The van der Waals surface area contributed by atoms with Crippen molar-refractivity contribution < 1.29 is 4.79 Å². The summed E-state index contributed by atoms with van der Waals surface area (Å²) in [6.45, 7) is 10.8. The maximum Gasteiger partial charge on any atom is 0.236 e. The summed E-state index contributed by atoms with van der Waals surface area (Å²) in [4.78, 5) is 18.9. The molecule has 1 fully saturated rings. The van der Waals surface area contributed by atoms with E-state index in [1.165, 1.54) is 6.42 Å². The summed E-state index contributed by atoms with van der Waals surface area (Å²) in [5, 5.41) is 6.56. The van der Waals surface area contributed by atoms with Gasteiger partial charge in [0.2, 0.25) is 5.91 Å². The minimum Gasteiger partial charge on any atom is -0.341 e. The zero-order valence-electron chi connectivity index (χ0n) is 13.6. The number of aryl methyl sites for hydroxylation is 1. The van der Waals surface area contributed by atoms with Crippen molar-refractivity contribution >= 4 is 17.2 Å². The Morgan fingerprint density at radius 3 is 2.71 bits per heavy atom. The molecule has 1 amide bonds. The maximum absolute atomic E-state index is 12.3. The highest BCUT2D eigenvalue weighted by Gasteiger charge is 2.25. The van der Waals surface area contributed by atoms with Crippen LogP contribution in [0.25, 0.3) is 0 Å². The number of rotatable bonds is 5. The van der Waals surface area contributed by atoms with Gasteiger partial charge < -0.3 is 10.2 Å². The average Bonchev–Trinajstić information content (AvgIpc) is 2.92. The number of amides is 1. The first-order chi connectivity index (χ1) is 9.99. The number of carbonyl (C=O) groups is 1. The molecule has 2 rings (SSSR count). The Morgan fingerprint density at radius 2 is 2.14 bits per heavy atom. The highest BCUT2D eigenvalue weighted by molar-refractivity contribution is 7.09. The molecule has 0 bridgehead atoms. The number of nitrogens with zero attached hydrogens (tertiary/aromatic N) is 2. The second kappa shape index (κ2) is 7.36. The van der Waals surface area contributed by atoms with Gasteiger partial charge in [0.15, 0.2) is 0 Å². The molecule has 0 aromatic carbocycles. The highest BCUT2D eigenvalue weighted by Crippen LogP contribution is 2.21. The predicted molar refractivity (Wildman–Crippen MR) is 87.4 cm³/mol. The zero-order valence-corrected chi connectivity index (χ0v) is 14.4. The second-order valence-corrected chi connectivity index (χ2v) is 7.31. The molecule has 1 saturated heterocycles. The molecule has 1 aliphatic rings. The first kappa shape index (κ1) is 16.4. The fourth-order valence-corrected chi connectivity index (χ4v) is 3.85. The highest BCUT2D eigenvalue weighted by atomic mass is 32.1. The number of piperidine rings is 1. The van der Waals surface area contributed by atoms with Crippen LogP contribution in [0.3, 0.4) is 0 Å². The maximum atomic E-state index is 12.3. The second-order valence-electron chi connectivity index (χ2n) is 6.37. The SMILES string of the molecule is CCc1nc([C@@H](C)NCC(=O)N2C[C@H](C)C[C@H](C)C2)cs1. The largest absolute Gasteiger partial charge is 0.341 e. The van der Waals surface area contributed by atoms with Crippen molar-refractivity contribution in [3.05, 3.63) is 16.1 Å². The van der Waals surface area contributed by atoms with E-state index >= 15 is 0 Å². The van der Waals surface area contributed by atoms with Gasteiger partial charge in [0.1, 0.15) is 0 Å². The van der Waals surface area contributed by atoms with Gasteiger partial charge in [-0.25, -0.2) is 4.98 Å². The van der Waals surface area contributed by atoms with Crippen LogP contribution in [0.5, 0.6) is 0 Å². The van der Waals surface area contributed by atoms with Crippen LogP contribution in [-0.4, -0.2) is 35.4 Å². The van der Waals surface area contributed by atoms with Crippen LogP contribution >= 0.6 is 11.3 Å². The molecule has 0 saturated carbocycles. The van der Waals surface area contributed by atoms with E-state index in [4.69, 9.17) is 0 Å². The predicted octanol–water partition coefficient (Wildman–Crippen LogP) is 2.86. The summed E-state index contributed by atoms with van der Waals surface area (Å²) in [6.07, 6.45) is 2.20. The monoisotopic (exact) mass is 309 g/mol. The van der Waals surface area contributed by atoms with E-state index in [-0.39, 0.29) is 11.9 Å². The Kier molecular flexibility index (Phi) is 5.76. The van der Waals surface area contributed by atoms with Gasteiger partial charge in [0.05, 0.1) is 17.2 Å². The third-order valence-corrected chi connectivity index (χ3v) is 5.11. The molecule has 0 radical (unpaired) electrons. The fourth-order valence-electron chi connectivity index (χ4n) is 3.01. The molecule has 21 heavy (non-hydrogen) atoms. The molecule has 0 unspecified atom stereocenters. The van der Waals surface area contributed by atoms with Crippen molar-refractivity contribution in [2.45, 2.75) is 46.6 Å². The standard InChI is InChI=1S/C16H27N3OS/c1-5-15-18-14(10-21-15)13(4)17-7-16(20)19-8-11(2)6-12(3)9-19/h10-13,17H,5-9H2,1-4H3/t11-,12+,13-/m1/s1. The molecule has 3 atom stereocenters. The van der Waals surface area contributed by atoms with Crippen LogP contribution in [0, 0.1) is 11.8 Å². The summed E-state index contributed by atoms with van der Waals surface area (Å²) in [7, 11) is 0. The van der Waals surface area contributed by atoms with Gasteiger partial charge in [0.25, 0.3) is 0 Å². The molecule has 1 aromatic heterocycles. The summed E-state index contributed by atoms with van der Waals surface area (Å²) in [5.41, 5.74) is 1.05. The third kappa shape index (κ3) is 4.51. The van der Waals surface area contributed by atoms with Gasteiger partial charge in [-0.2, -0.15) is 0 Å². The van der Waals surface area contributed by atoms with Gasteiger partial charge in [-0.3, -0.25) is 4.79 Å². The van der Waals surface area contributed by atoms with E-state index in [9.17, 15) is 4.79 Å². The van der Waals surface area contributed by atoms with Crippen LogP contribution in [0.2, 0.25) is 0 Å². The lowest BCUT2D eigenvalue weighted by Gasteiger charge is -2.35. The number of hydrogen-bond acceptors (Lipinski definition) is 4. The van der Waals surface area contributed by atoms with E-state index in [0.29, 0.717) is 18.4 Å². The zero-order chi connectivity index (χ0) is 15.4. The quantitative estimate of drug-likeness (QED) is 0.909. The molecule has 1 aromatic rings. The summed E-state index contributed by atoms with van der Waals surface area (Å²) in [6, 6.07) is 0.130. The Labute approximate surface area is 132 Å². The van der Waals surface area contributed by atoms with Gasteiger partial charge in [-0.15, -0.1) is 11.3 Å². The normalized spacial score (nSPS) is 24.1. The fraction of sp³-hybridized carbons (Fsp3) is 0.750. The van der Waals surface area contributed by atoms with Crippen LogP contribution in [-0.2, 0) is 11.2 Å². The molecule has 1 N–H and O–H groups in total. The van der Waals surface area contributed by atoms with Crippen molar-refractivity contribution in [1.29, 1.82) is 0 Å². The van der Waals surface area contributed by atoms with Crippen molar-refractivity contribution in [2.24, 2.45) is 11.8 Å². The summed E-state index contributed by atoms with van der Waals surface area (Å²) in [5.74, 6) is 1.44. The van der Waals surface area contributed by atoms with E-state index in [1.54, 1.807) is 11.3 Å². The Bertz CT molecular complexity index is 464. The van der Waals surface area contributed by atoms with Gasteiger partial charge >= 0.3 is 0 Å². The van der Waals surface area contributed by atoms with E-state index < -0.39 is 0 Å². The number of carbonyl (C=O) groups excluding carboxylic acids is 1. The molecule has 5 heteroatoms. The van der Waals surface area contributed by atoms with Crippen LogP contribution in [0.15, 0.2) is 5.38 Å². The number of aromatic nitrogens is 1. The molecular weight excluding hydrogens is 282 g/mol. The van der Waals surface area contributed by atoms with E-state index in [0.717, 1.165) is 30.2 Å². The molecular formula is C16H27N3OS. The smallest absolute Gasteiger partial charge is 0.236 e. The lowest BCUT2D eigenvalue weighted by atomic mass is 9.92. The Balaban J connectivity index is 1.83. The van der Waals surface area contributed by atoms with Crippen molar-refractivity contribution in [1.82, 2.24) is 15.2 Å². The number of nitrogens with one attached hydrogen (secondary N) is 1. The average molecular weight is 309 g/mol. The van der Waals surface area contributed by atoms with Gasteiger partial charge in [-0.05, 0) is 31.6 Å². The van der Waals surface area contributed by atoms with Crippen molar-refractivity contribution in [3.63, 3.8) is 0 Å².